The Kier molecular flexibility index (Phi) is 5.06. The Morgan fingerprint density at radius 2 is 2.20 bits per heavy atom. The Morgan fingerprint density at radius 3 is 2.80 bits per heavy atom. The summed E-state index contributed by atoms with van der Waals surface area (Å²) in [6.07, 6.45) is 6.25. The minimum Gasteiger partial charge on any atom is -0.405 e. The van der Waals surface area contributed by atoms with Crippen LogP contribution in [0.4, 0.5) is 5.00 Å². The number of piperidine rings is 1. The maximum atomic E-state index is 12.1. The molecule has 0 bridgehead atoms. The first-order valence-corrected chi connectivity index (χ1v) is 7.52. The molecule has 0 aromatic carbocycles. The van der Waals surface area contributed by atoms with Crippen molar-refractivity contribution in [3.8, 4) is 0 Å². The summed E-state index contributed by atoms with van der Waals surface area (Å²) in [5, 5.41) is 6.06. The van der Waals surface area contributed by atoms with Crippen LogP contribution in [0.2, 0.25) is 0 Å². The van der Waals surface area contributed by atoms with Crippen LogP contribution < -0.4 is 21.7 Å². The molecule has 1 aromatic heterocycles. The standard InChI is InChI=1S/C14H20N4OS/c15-7-1-3-12(16)17-14(19)11-5-8-18(9-6-11)13-4-2-10-20-13/h1-4,7,10-11H,5-6,8-9,15-16H2,(H,17,19)/b7-1-,12-3+. The van der Waals surface area contributed by atoms with Crippen LogP contribution in [0.3, 0.4) is 0 Å². The van der Waals surface area contributed by atoms with Gasteiger partial charge < -0.3 is 21.7 Å². The van der Waals surface area contributed by atoms with Crippen LogP contribution in [0, 0.1) is 5.92 Å². The maximum Gasteiger partial charge on any atom is 0.228 e. The third-order valence-corrected chi connectivity index (χ3v) is 4.27. The number of carbonyl (C=O) groups is 1. The smallest absolute Gasteiger partial charge is 0.228 e. The molecule has 1 aliphatic rings. The van der Waals surface area contributed by atoms with Crippen LogP contribution in [0.5, 0.6) is 0 Å². The van der Waals surface area contributed by atoms with E-state index in [1.807, 2.05) is 0 Å². The molecular formula is C14H20N4OS. The molecule has 0 atom stereocenters. The molecule has 5 N–H and O–H groups in total. The zero-order chi connectivity index (χ0) is 14.4. The van der Waals surface area contributed by atoms with Crippen molar-refractivity contribution in [3.05, 3.63) is 41.7 Å². The summed E-state index contributed by atoms with van der Waals surface area (Å²) in [4.78, 5) is 14.4. The van der Waals surface area contributed by atoms with E-state index < -0.39 is 0 Å². The molecule has 2 rings (SSSR count). The highest BCUT2D eigenvalue weighted by Gasteiger charge is 2.25. The molecule has 1 aromatic rings. The van der Waals surface area contributed by atoms with Crippen LogP contribution in [-0.4, -0.2) is 19.0 Å². The molecule has 0 aliphatic carbocycles. The van der Waals surface area contributed by atoms with Crippen molar-refractivity contribution >= 4 is 22.2 Å². The molecule has 5 nitrogen and oxygen atoms in total. The van der Waals surface area contributed by atoms with Crippen LogP contribution in [-0.2, 0) is 4.79 Å². The molecule has 0 unspecified atom stereocenters. The lowest BCUT2D eigenvalue weighted by Gasteiger charge is -2.31. The molecule has 0 saturated carbocycles. The number of hydrogen-bond donors (Lipinski definition) is 3. The van der Waals surface area contributed by atoms with E-state index in [0.717, 1.165) is 25.9 Å². The van der Waals surface area contributed by atoms with E-state index in [9.17, 15) is 4.79 Å². The molecular weight excluding hydrogens is 272 g/mol. The number of carbonyl (C=O) groups excluding carboxylic acids is 1. The number of rotatable bonds is 4. The molecule has 6 heteroatoms. The lowest BCUT2D eigenvalue weighted by molar-refractivity contribution is -0.124. The summed E-state index contributed by atoms with van der Waals surface area (Å²) in [7, 11) is 0. The largest absolute Gasteiger partial charge is 0.405 e. The van der Waals surface area contributed by atoms with Gasteiger partial charge in [0.25, 0.3) is 0 Å². The third-order valence-electron chi connectivity index (χ3n) is 3.34. The molecule has 0 spiro atoms. The van der Waals surface area contributed by atoms with Gasteiger partial charge in [-0.2, -0.15) is 0 Å². The highest BCUT2D eigenvalue weighted by Crippen LogP contribution is 2.27. The van der Waals surface area contributed by atoms with E-state index >= 15 is 0 Å². The van der Waals surface area contributed by atoms with Gasteiger partial charge in [0.1, 0.15) is 5.82 Å². The number of thiophene rings is 1. The van der Waals surface area contributed by atoms with Gasteiger partial charge in [-0.25, -0.2) is 0 Å². The van der Waals surface area contributed by atoms with Crippen molar-refractivity contribution in [2.24, 2.45) is 17.4 Å². The fraction of sp³-hybridized carbons (Fsp3) is 0.357. The van der Waals surface area contributed by atoms with Crippen LogP contribution >= 0.6 is 11.3 Å². The van der Waals surface area contributed by atoms with E-state index in [1.54, 1.807) is 23.5 Å². The van der Waals surface area contributed by atoms with Crippen LogP contribution in [0.15, 0.2) is 41.7 Å². The van der Waals surface area contributed by atoms with Gasteiger partial charge in [-0.15, -0.1) is 11.3 Å². The van der Waals surface area contributed by atoms with Gasteiger partial charge in [0.15, 0.2) is 0 Å². The first-order chi connectivity index (χ1) is 9.70. The van der Waals surface area contributed by atoms with Gasteiger partial charge in [0.2, 0.25) is 5.91 Å². The monoisotopic (exact) mass is 292 g/mol. The summed E-state index contributed by atoms with van der Waals surface area (Å²) >= 11 is 1.74. The molecule has 1 aliphatic heterocycles. The Hall–Kier alpha value is -1.95. The Bertz CT molecular complexity index is 487. The first kappa shape index (κ1) is 14.5. The molecule has 1 saturated heterocycles. The topological polar surface area (TPSA) is 84.4 Å². The van der Waals surface area contributed by atoms with Crippen molar-refractivity contribution in [1.29, 1.82) is 0 Å². The van der Waals surface area contributed by atoms with Gasteiger partial charge in [0, 0.05) is 19.0 Å². The van der Waals surface area contributed by atoms with E-state index in [0.29, 0.717) is 5.82 Å². The second kappa shape index (κ2) is 7.00. The Morgan fingerprint density at radius 1 is 1.45 bits per heavy atom. The van der Waals surface area contributed by atoms with Gasteiger partial charge in [-0.1, -0.05) is 0 Å². The predicted molar refractivity (Wildman–Crippen MR) is 83.0 cm³/mol. The number of allylic oxidation sites excluding steroid dienone is 2. The van der Waals surface area contributed by atoms with Gasteiger partial charge in [-0.05, 0) is 48.7 Å². The van der Waals surface area contributed by atoms with Gasteiger partial charge >= 0.3 is 0 Å². The van der Waals surface area contributed by atoms with E-state index in [2.05, 4.69) is 27.7 Å². The normalized spacial score (nSPS) is 17.6. The predicted octanol–water partition coefficient (Wildman–Crippen LogP) is 1.35. The maximum absolute atomic E-state index is 12.1. The van der Waals surface area contributed by atoms with E-state index in [4.69, 9.17) is 11.5 Å². The number of nitrogens with one attached hydrogen (secondary N) is 1. The number of amides is 1. The van der Waals surface area contributed by atoms with Crippen molar-refractivity contribution < 1.29 is 4.79 Å². The highest BCUT2D eigenvalue weighted by atomic mass is 32.1. The lowest BCUT2D eigenvalue weighted by atomic mass is 9.96. The fourth-order valence-electron chi connectivity index (χ4n) is 2.26. The molecule has 20 heavy (non-hydrogen) atoms. The summed E-state index contributed by atoms with van der Waals surface area (Å²) < 4.78 is 0. The Balaban J connectivity index is 1.83. The third kappa shape index (κ3) is 3.77. The molecule has 1 fully saturated rings. The summed E-state index contributed by atoms with van der Waals surface area (Å²) in [6, 6.07) is 4.17. The average Bonchev–Trinajstić information content (AvgIpc) is 2.99. The molecule has 108 valence electrons. The minimum absolute atomic E-state index is 0.00463. The number of nitrogens with zero attached hydrogens (tertiary/aromatic N) is 1. The lowest BCUT2D eigenvalue weighted by Crippen LogP contribution is -2.41. The first-order valence-electron chi connectivity index (χ1n) is 6.64. The molecule has 2 heterocycles. The van der Waals surface area contributed by atoms with Crippen LogP contribution in [0.25, 0.3) is 0 Å². The zero-order valence-corrected chi connectivity index (χ0v) is 12.1. The summed E-state index contributed by atoms with van der Waals surface area (Å²) in [5.41, 5.74) is 10.9. The van der Waals surface area contributed by atoms with E-state index in [-0.39, 0.29) is 11.8 Å². The zero-order valence-electron chi connectivity index (χ0n) is 11.3. The van der Waals surface area contributed by atoms with Gasteiger partial charge in [-0.3, -0.25) is 4.79 Å². The number of hydrogen-bond acceptors (Lipinski definition) is 5. The van der Waals surface area contributed by atoms with Gasteiger partial charge in [0.05, 0.1) is 5.00 Å². The molecule has 1 amide bonds. The summed E-state index contributed by atoms with van der Waals surface area (Å²) in [6.45, 7) is 1.82. The number of anilines is 1. The van der Waals surface area contributed by atoms with Crippen molar-refractivity contribution in [3.63, 3.8) is 0 Å². The second-order valence-electron chi connectivity index (χ2n) is 4.71. The number of nitrogens with two attached hydrogens (primary N) is 2. The second-order valence-corrected chi connectivity index (χ2v) is 5.63. The Labute approximate surface area is 122 Å². The van der Waals surface area contributed by atoms with Crippen molar-refractivity contribution in [2.75, 3.05) is 18.0 Å². The molecule has 0 radical (unpaired) electrons. The average molecular weight is 292 g/mol. The van der Waals surface area contributed by atoms with Crippen molar-refractivity contribution in [2.45, 2.75) is 12.8 Å². The van der Waals surface area contributed by atoms with E-state index in [1.165, 1.54) is 11.2 Å². The fourth-order valence-corrected chi connectivity index (χ4v) is 3.04. The van der Waals surface area contributed by atoms with Crippen LogP contribution in [0.1, 0.15) is 12.8 Å². The minimum atomic E-state index is -0.00463. The quantitative estimate of drug-likeness (QED) is 0.731. The summed E-state index contributed by atoms with van der Waals surface area (Å²) in [5.74, 6) is 0.354. The SMILES string of the molecule is N/C=C\C=C(/N)NC(=O)C1CCN(c2cccs2)CC1. The highest BCUT2D eigenvalue weighted by molar-refractivity contribution is 7.14. The van der Waals surface area contributed by atoms with Crippen molar-refractivity contribution in [1.82, 2.24) is 5.32 Å².